The molecule has 7 heteroatoms. The van der Waals surface area contributed by atoms with E-state index in [1.54, 1.807) is 12.4 Å². The Labute approximate surface area is 97.7 Å². The molecule has 76 valence electrons. The highest BCUT2D eigenvalue weighted by molar-refractivity contribution is 9.10. The standard InChI is InChI=1S/C6H9BrN4.2ClH/c7-5-3-10-6(11-4-5)9-2-1-8;;/h3-4H,1-2,8H2,(H,9,10,11);2*1H. The predicted molar refractivity (Wildman–Crippen MR) is 61.8 cm³/mol. The zero-order valence-corrected chi connectivity index (χ0v) is 9.95. The number of hydrogen-bond acceptors (Lipinski definition) is 4. The quantitative estimate of drug-likeness (QED) is 0.884. The van der Waals surface area contributed by atoms with Crippen LogP contribution in [0.1, 0.15) is 0 Å². The minimum Gasteiger partial charge on any atom is -0.353 e. The zero-order valence-electron chi connectivity index (χ0n) is 6.74. The Morgan fingerprint density at radius 1 is 1.31 bits per heavy atom. The van der Waals surface area contributed by atoms with Crippen molar-refractivity contribution >= 4 is 46.7 Å². The van der Waals surface area contributed by atoms with E-state index in [0.29, 0.717) is 19.0 Å². The van der Waals surface area contributed by atoms with Crippen LogP contribution in [0.25, 0.3) is 0 Å². The molecule has 0 unspecified atom stereocenters. The van der Waals surface area contributed by atoms with E-state index < -0.39 is 0 Å². The van der Waals surface area contributed by atoms with Gasteiger partial charge in [-0.25, -0.2) is 9.97 Å². The molecule has 0 amide bonds. The lowest BCUT2D eigenvalue weighted by molar-refractivity contribution is 0.987. The fraction of sp³-hybridized carbons (Fsp3) is 0.333. The lowest BCUT2D eigenvalue weighted by Crippen LogP contribution is -2.14. The van der Waals surface area contributed by atoms with E-state index >= 15 is 0 Å². The molecule has 1 aromatic heterocycles. The Hall–Kier alpha value is -0.100. The largest absolute Gasteiger partial charge is 0.353 e. The van der Waals surface area contributed by atoms with Crippen LogP contribution in [0.3, 0.4) is 0 Å². The van der Waals surface area contributed by atoms with Gasteiger partial charge < -0.3 is 11.1 Å². The fourth-order valence-electron chi connectivity index (χ4n) is 0.588. The number of hydrogen-bond donors (Lipinski definition) is 2. The van der Waals surface area contributed by atoms with Gasteiger partial charge in [0.25, 0.3) is 0 Å². The molecule has 0 bridgehead atoms. The molecule has 1 heterocycles. The van der Waals surface area contributed by atoms with E-state index in [1.807, 2.05) is 0 Å². The van der Waals surface area contributed by atoms with E-state index in [2.05, 4.69) is 31.2 Å². The van der Waals surface area contributed by atoms with Crippen molar-refractivity contribution < 1.29 is 0 Å². The summed E-state index contributed by atoms with van der Waals surface area (Å²) in [6.07, 6.45) is 3.37. The molecule has 0 atom stereocenters. The van der Waals surface area contributed by atoms with Crippen LogP contribution in [-0.2, 0) is 0 Å². The molecule has 13 heavy (non-hydrogen) atoms. The van der Waals surface area contributed by atoms with E-state index in [1.165, 1.54) is 0 Å². The van der Waals surface area contributed by atoms with Gasteiger partial charge in [0.15, 0.2) is 0 Å². The first kappa shape index (κ1) is 15.4. The molecule has 0 aliphatic rings. The molecular formula is C6H11BrCl2N4. The molecule has 0 spiro atoms. The van der Waals surface area contributed by atoms with Crippen LogP contribution in [-0.4, -0.2) is 23.1 Å². The monoisotopic (exact) mass is 288 g/mol. The molecule has 1 rings (SSSR count). The van der Waals surface area contributed by atoms with Gasteiger partial charge in [0, 0.05) is 25.5 Å². The molecule has 0 fully saturated rings. The molecule has 0 radical (unpaired) electrons. The maximum Gasteiger partial charge on any atom is 0.222 e. The minimum atomic E-state index is 0. The average Bonchev–Trinajstić information content (AvgIpc) is 2.04. The van der Waals surface area contributed by atoms with Crippen molar-refractivity contribution in [1.29, 1.82) is 0 Å². The Morgan fingerprint density at radius 2 is 1.85 bits per heavy atom. The first-order valence-electron chi connectivity index (χ1n) is 3.24. The summed E-state index contributed by atoms with van der Waals surface area (Å²) in [5.74, 6) is 0.610. The third-order valence-corrected chi connectivity index (χ3v) is 1.46. The Morgan fingerprint density at radius 3 is 2.31 bits per heavy atom. The number of nitrogens with zero attached hydrogens (tertiary/aromatic N) is 2. The minimum absolute atomic E-state index is 0. The first-order valence-corrected chi connectivity index (χ1v) is 4.03. The van der Waals surface area contributed by atoms with Crippen LogP contribution >= 0.6 is 40.7 Å². The number of nitrogens with one attached hydrogen (secondary N) is 1. The van der Waals surface area contributed by atoms with Gasteiger partial charge in [-0.2, -0.15) is 0 Å². The molecule has 0 saturated carbocycles. The second-order valence-electron chi connectivity index (χ2n) is 1.94. The third-order valence-electron chi connectivity index (χ3n) is 1.05. The summed E-state index contributed by atoms with van der Waals surface area (Å²) in [7, 11) is 0. The molecule has 4 nitrogen and oxygen atoms in total. The third kappa shape index (κ3) is 6.04. The summed E-state index contributed by atoms with van der Waals surface area (Å²) in [5, 5.41) is 2.95. The molecule has 0 aromatic carbocycles. The number of anilines is 1. The highest BCUT2D eigenvalue weighted by Gasteiger charge is 1.91. The Kier molecular flexibility index (Phi) is 10.0. The zero-order chi connectivity index (χ0) is 8.10. The Balaban J connectivity index is 0. The van der Waals surface area contributed by atoms with Crippen LogP contribution in [0.4, 0.5) is 5.95 Å². The second kappa shape index (κ2) is 8.50. The molecule has 3 N–H and O–H groups in total. The lowest BCUT2D eigenvalue weighted by Gasteiger charge is -2.00. The number of nitrogens with two attached hydrogens (primary N) is 1. The SMILES string of the molecule is Cl.Cl.NCCNc1ncc(Br)cn1. The van der Waals surface area contributed by atoms with Gasteiger partial charge in [0.2, 0.25) is 5.95 Å². The van der Waals surface area contributed by atoms with Gasteiger partial charge in [-0.3, -0.25) is 0 Å². The number of aromatic nitrogens is 2. The van der Waals surface area contributed by atoms with Crippen molar-refractivity contribution in [3.05, 3.63) is 16.9 Å². The molecular weight excluding hydrogens is 279 g/mol. The van der Waals surface area contributed by atoms with Gasteiger partial charge in [0.1, 0.15) is 0 Å². The highest BCUT2D eigenvalue weighted by Crippen LogP contribution is 2.05. The Bertz CT molecular complexity index is 218. The van der Waals surface area contributed by atoms with Crippen molar-refractivity contribution in [3.63, 3.8) is 0 Å². The summed E-state index contributed by atoms with van der Waals surface area (Å²) in [4.78, 5) is 7.98. The van der Waals surface area contributed by atoms with Crippen molar-refractivity contribution in [2.75, 3.05) is 18.4 Å². The van der Waals surface area contributed by atoms with Crippen molar-refractivity contribution in [3.8, 4) is 0 Å². The molecule has 1 aromatic rings. The van der Waals surface area contributed by atoms with E-state index in [4.69, 9.17) is 5.73 Å². The van der Waals surface area contributed by atoms with E-state index in [-0.39, 0.29) is 24.8 Å². The van der Waals surface area contributed by atoms with E-state index in [9.17, 15) is 0 Å². The van der Waals surface area contributed by atoms with Crippen molar-refractivity contribution in [2.24, 2.45) is 5.73 Å². The lowest BCUT2D eigenvalue weighted by atomic mass is 10.6. The highest BCUT2D eigenvalue weighted by atomic mass is 79.9. The second-order valence-corrected chi connectivity index (χ2v) is 2.86. The van der Waals surface area contributed by atoms with Crippen LogP contribution in [0.15, 0.2) is 16.9 Å². The number of halogens is 3. The predicted octanol–water partition coefficient (Wildman–Crippen LogP) is 1.45. The summed E-state index contributed by atoms with van der Waals surface area (Å²) >= 11 is 3.24. The maximum absolute atomic E-state index is 5.28. The van der Waals surface area contributed by atoms with Gasteiger partial charge in [0.05, 0.1) is 4.47 Å². The van der Waals surface area contributed by atoms with E-state index in [0.717, 1.165) is 4.47 Å². The summed E-state index contributed by atoms with van der Waals surface area (Å²) in [5.41, 5.74) is 5.28. The van der Waals surface area contributed by atoms with Crippen LogP contribution in [0.5, 0.6) is 0 Å². The molecule has 0 aliphatic carbocycles. The van der Waals surface area contributed by atoms with Crippen LogP contribution in [0.2, 0.25) is 0 Å². The van der Waals surface area contributed by atoms with Gasteiger partial charge >= 0.3 is 0 Å². The topological polar surface area (TPSA) is 63.8 Å². The average molecular weight is 290 g/mol. The van der Waals surface area contributed by atoms with Gasteiger partial charge in [-0.1, -0.05) is 0 Å². The summed E-state index contributed by atoms with van der Waals surface area (Å²) in [6.45, 7) is 1.28. The van der Waals surface area contributed by atoms with Crippen LogP contribution < -0.4 is 11.1 Å². The van der Waals surface area contributed by atoms with Crippen molar-refractivity contribution in [1.82, 2.24) is 9.97 Å². The van der Waals surface area contributed by atoms with Crippen molar-refractivity contribution in [2.45, 2.75) is 0 Å². The maximum atomic E-state index is 5.28. The van der Waals surface area contributed by atoms with Gasteiger partial charge in [-0.15, -0.1) is 24.8 Å². The van der Waals surface area contributed by atoms with Gasteiger partial charge in [-0.05, 0) is 15.9 Å². The summed E-state index contributed by atoms with van der Waals surface area (Å²) in [6, 6.07) is 0. The molecule has 0 aliphatic heterocycles. The number of rotatable bonds is 3. The fourth-order valence-corrected chi connectivity index (χ4v) is 0.792. The first-order chi connectivity index (χ1) is 5.33. The summed E-state index contributed by atoms with van der Waals surface area (Å²) < 4.78 is 0.871. The van der Waals surface area contributed by atoms with Crippen LogP contribution in [0, 0.1) is 0 Å². The normalized spacial score (nSPS) is 8.15. The molecule has 0 saturated heterocycles. The smallest absolute Gasteiger partial charge is 0.222 e.